The van der Waals surface area contributed by atoms with Crippen LogP contribution in [0, 0.1) is 0 Å². The van der Waals surface area contributed by atoms with Gasteiger partial charge < -0.3 is 5.73 Å². The second kappa shape index (κ2) is 5.87. The molecule has 1 unspecified atom stereocenters. The maximum Gasteiger partial charge on any atom is 0.344 e. The highest BCUT2D eigenvalue weighted by atomic mass is 35.5. The SMILES string of the molecule is CC(N)Cc1ccc(Sc2n[nH]c(=O)n2C2CC2)c(Cl)c1. The zero-order chi connectivity index (χ0) is 15.0. The number of benzene rings is 1. The summed E-state index contributed by atoms with van der Waals surface area (Å²) < 4.78 is 1.72. The summed E-state index contributed by atoms with van der Waals surface area (Å²) in [5, 5.41) is 7.94. The van der Waals surface area contributed by atoms with Crippen LogP contribution in [0.1, 0.15) is 31.4 Å². The molecule has 112 valence electrons. The Kier molecular flexibility index (Phi) is 4.10. The van der Waals surface area contributed by atoms with Crippen LogP contribution >= 0.6 is 23.4 Å². The molecule has 5 nitrogen and oxygen atoms in total. The molecule has 7 heteroatoms. The molecule has 1 aromatic heterocycles. The fraction of sp³-hybridized carbons (Fsp3) is 0.429. The minimum atomic E-state index is -0.148. The number of nitrogens with two attached hydrogens (primary N) is 1. The van der Waals surface area contributed by atoms with Gasteiger partial charge >= 0.3 is 5.69 Å². The van der Waals surface area contributed by atoms with Crippen molar-refractivity contribution in [3.8, 4) is 0 Å². The summed E-state index contributed by atoms with van der Waals surface area (Å²) in [6.45, 7) is 1.97. The average molecular weight is 325 g/mol. The fourth-order valence-electron chi connectivity index (χ4n) is 2.24. The molecule has 1 saturated carbocycles. The molecule has 1 aromatic carbocycles. The highest BCUT2D eigenvalue weighted by Gasteiger charge is 2.28. The lowest BCUT2D eigenvalue weighted by Gasteiger charge is -2.09. The van der Waals surface area contributed by atoms with Crippen molar-refractivity contribution in [2.24, 2.45) is 5.73 Å². The predicted octanol–water partition coefficient (Wildman–Crippen LogP) is 2.60. The Balaban J connectivity index is 1.83. The van der Waals surface area contributed by atoms with Crippen LogP contribution in [0.4, 0.5) is 0 Å². The molecular weight excluding hydrogens is 308 g/mol. The zero-order valence-electron chi connectivity index (χ0n) is 11.7. The summed E-state index contributed by atoms with van der Waals surface area (Å²) in [6.07, 6.45) is 2.86. The Morgan fingerprint density at radius 1 is 1.57 bits per heavy atom. The van der Waals surface area contributed by atoms with E-state index in [2.05, 4.69) is 10.2 Å². The molecule has 1 fully saturated rings. The van der Waals surface area contributed by atoms with E-state index in [4.69, 9.17) is 17.3 Å². The van der Waals surface area contributed by atoms with Gasteiger partial charge in [0, 0.05) is 17.0 Å². The number of halogens is 1. The van der Waals surface area contributed by atoms with E-state index in [1.807, 2.05) is 25.1 Å². The second-order valence-electron chi connectivity index (χ2n) is 5.46. The molecular formula is C14H17ClN4OS. The van der Waals surface area contributed by atoms with Crippen molar-refractivity contribution in [2.75, 3.05) is 0 Å². The van der Waals surface area contributed by atoms with Gasteiger partial charge in [0.25, 0.3) is 0 Å². The van der Waals surface area contributed by atoms with Crippen molar-refractivity contribution < 1.29 is 0 Å². The summed E-state index contributed by atoms with van der Waals surface area (Å²) in [5.41, 5.74) is 6.76. The third kappa shape index (κ3) is 3.33. The van der Waals surface area contributed by atoms with Gasteiger partial charge in [-0.1, -0.05) is 17.7 Å². The third-order valence-corrected chi connectivity index (χ3v) is 4.81. The lowest BCUT2D eigenvalue weighted by atomic mass is 10.1. The van der Waals surface area contributed by atoms with Crippen LogP contribution in [0.25, 0.3) is 0 Å². The number of aromatic nitrogens is 3. The van der Waals surface area contributed by atoms with E-state index in [0.29, 0.717) is 10.2 Å². The van der Waals surface area contributed by atoms with Crippen molar-refractivity contribution in [3.05, 3.63) is 39.3 Å². The van der Waals surface area contributed by atoms with Crippen LogP contribution in [0.3, 0.4) is 0 Å². The first kappa shape index (κ1) is 14.7. The lowest BCUT2D eigenvalue weighted by Crippen LogP contribution is -2.17. The second-order valence-corrected chi connectivity index (χ2v) is 6.88. The van der Waals surface area contributed by atoms with E-state index in [1.165, 1.54) is 11.8 Å². The molecule has 0 amide bonds. The molecule has 1 aliphatic carbocycles. The van der Waals surface area contributed by atoms with E-state index in [9.17, 15) is 4.79 Å². The number of H-pyrrole nitrogens is 1. The van der Waals surface area contributed by atoms with Crippen molar-refractivity contribution in [1.82, 2.24) is 14.8 Å². The molecule has 0 spiro atoms. The average Bonchev–Trinajstić information content (AvgIpc) is 3.17. The van der Waals surface area contributed by atoms with Gasteiger partial charge in [0.1, 0.15) is 0 Å². The van der Waals surface area contributed by atoms with Gasteiger partial charge in [-0.15, -0.1) is 5.10 Å². The Morgan fingerprint density at radius 2 is 2.33 bits per heavy atom. The Labute approximate surface area is 131 Å². The Morgan fingerprint density at radius 3 is 2.95 bits per heavy atom. The van der Waals surface area contributed by atoms with Gasteiger partial charge in [-0.2, -0.15) is 0 Å². The summed E-state index contributed by atoms with van der Waals surface area (Å²) in [7, 11) is 0. The number of nitrogens with zero attached hydrogens (tertiary/aromatic N) is 2. The first-order valence-corrected chi connectivity index (χ1v) is 8.13. The summed E-state index contributed by atoms with van der Waals surface area (Å²) >= 11 is 7.75. The number of hydrogen-bond donors (Lipinski definition) is 2. The number of nitrogens with one attached hydrogen (secondary N) is 1. The third-order valence-electron chi connectivity index (χ3n) is 3.34. The molecule has 1 atom stereocenters. The van der Waals surface area contributed by atoms with Crippen LogP contribution in [0.15, 0.2) is 33.0 Å². The molecule has 0 aliphatic heterocycles. The summed E-state index contributed by atoms with van der Waals surface area (Å²) in [4.78, 5) is 12.7. The fourth-order valence-corrected chi connectivity index (χ4v) is 3.47. The van der Waals surface area contributed by atoms with Gasteiger partial charge in [0.2, 0.25) is 0 Å². The van der Waals surface area contributed by atoms with E-state index in [-0.39, 0.29) is 17.8 Å². The maximum absolute atomic E-state index is 11.8. The molecule has 1 heterocycles. The first-order chi connectivity index (χ1) is 10.0. The minimum Gasteiger partial charge on any atom is -0.328 e. The largest absolute Gasteiger partial charge is 0.344 e. The van der Waals surface area contributed by atoms with Crippen LogP contribution in [0.5, 0.6) is 0 Å². The molecule has 3 rings (SSSR count). The predicted molar refractivity (Wildman–Crippen MR) is 84.0 cm³/mol. The van der Waals surface area contributed by atoms with Crippen LogP contribution in [0.2, 0.25) is 5.02 Å². The number of aromatic amines is 1. The monoisotopic (exact) mass is 324 g/mol. The smallest absolute Gasteiger partial charge is 0.328 e. The van der Waals surface area contributed by atoms with Gasteiger partial charge in [-0.25, -0.2) is 9.89 Å². The zero-order valence-corrected chi connectivity index (χ0v) is 13.2. The molecule has 1 aliphatic rings. The van der Waals surface area contributed by atoms with E-state index < -0.39 is 0 Å². The van der Waals surface area contributed by atoms with Crippen LogP contribution in [-0.2, 0) is 6.42 Å². The van der Waals surface area contributed by atoms with Gasteiger partial charge in [0.15, 0.2) is 5.16 Å². The van der Waals surface area contributed by atoms with E-state index in [0.717, 1.165) is 29.7 Å². The van der Waals surface area contributed by atoms with Gasteiger partial charge in [0.05, 0.1) is 5.02 Å². The molecule has 0 bridgehead atoms. The topological polar surface area (TPSA) is 76.7 Å². The van der Waals surface area contributed by atoms with Gasteiger partial charge in [-0.05, 0) is 55.6 Å². The summed E-state index contributed by atoms with van der Waals surface area (Å²) in [6, 6.07) is 6.30. The standard InChI is InChI=1S/C14H17ClN4OS/c1-8(16)6-9-2-5-12(11(15)7-9)21-14-18-17-13(20)19(14)10-3-4-10/h2,5,7-8,10H,3-4,6,16H2,1H3,(H,17,20). The van der Waals surface area contributed by atoms with E-state index >= 15 is 0 Å². The quantitative estimate of drug-likeness (QED) is 0.886. The molecule has 2 aromatic rings. The first-order valence-electron chi connectivity index (χ1n) is 6.93. The highest BCUT2D eigenvalue weighted by Crippen LogP contribution is 2.39. The van der Waals surface area contributed by atoms with Crippen molar-refractivity contribution in [3.63, 3.8) is 0 Å². The highest BCUT2D eigenvalue weighted by molar-refractivity contribution is 7.99. The number of rotatable bonds is 5. The molecule has 3 N–H and O–H groups in total. The Bertz CT molecular complexity index is 705. The normalized spacial score (nSPS) is 16.1. The van der Waals surface area contributed by atoms with Crippen molar-refractivity contribution in [2.45, 2.75) is 48.3 Å². The minimum absolute atomic E-state index is 0.103. The van der Waals surface area contributed by atoms with Crippen LogP contribution < -0.4 is 11.4 Å². The maximum atomic E-state index is 11.8. The summed E-state index contributed by atoms with van der Waals surface area (Å²) in [5.74, 6) is 0. The van der Waals surface area contributed by atoms with Gasteiger partial charge in [-0.3, -0.25) is 4.57 Å². The lowest BCUT2D eigenvalue weighted by molar-refractivity contribution is 0.642. The molecule has 0 radical (unpaired) electrons. The number of hydrogen-bond acceptors (Lipinski definition) is 4. The molecule has 21 heavy (non-hydrogen) atoms. The van der Waals surface area contributed by atoms with E-state index in [1.54, 1.807) is 4.57 Å². The Hall–Kier alpha value is -1.24. The van der Waals surface area contributed by atoms with Crippen molar-refractivity contribution in [1.29, 1.82) is 0 Å². The van der Waals surface area contributed by atoms with Crippen molar-refractivity contribution >= 4 is 23.4 Å². The molecule has 0 saturated heterocycles. The van der Waals surface area contributed by atoms with Crippen LogP contribution in [-0.4, -0.2) is 20.8 Å².